The summed E-state index contributed by atoms with van der Waals surface area (Å²) in [6, 6.07) is 66.2. The summed E-state index contributed by atoms with van der Waals surface area (Å²) in [4.78, 5) is 15.4. The third kappa shape index (κ3) is 4.91. The Hall–Kier alpha value is -7.69. The van der Waals surface area contributed by atoms with Crippen LogP contribution in [0, 0.1) is 0 Å². The third-order valence-corrected chi connectivity index (χ3v) is 11.5. The molecule has 1 aliphatic carbocycles. The molecule has 9 aromatic carbocycles. The fourth-order valence-corrected chi connectivity index (χ4v) is 8.94. The van der Waals surface area contributed by atoms with Gasteiger partial charge in [-0.2, -0.15) is 0 Å². The van der Waals surface area contributed by atoms with E-state index in [-0.39, 0.29) is 0 Å². The van der Waals surface area contributed by atoms with Gasteiger partial charge in [0.1, 0.15) is 11.2 Å². The molecule has 4 nitrogen and oxygen atoms in total. The van der Waals surface area contributed by atoms with Crippen molar-refractivity contribution in [2.24, 2.45) is 0 Å². The Kier molecular flexibility index (Phi) is 6.89. The van der Waals surface area contributed by atoms with E-state index in [4.69, 9.17) is 19.4 Å². The zero-order valence-corrected chi connectivity index (χ0v) is 30.6. The molecule has 0 amide bonds. The summed E-state index contributed by atoms with van der Waals surface area (Å²) < 4.78 is 6.28. The lowest BCUT2D eigenvalue weighted by Crippen LogP contribution is -2.00. The fraction of sp³-hybridized carbons (Fsp3) is 0. The Bertz CT molecular complexity index is 3370. The number of fused-ring (bicyclic) bond motifs is 7. The van der Waals surface area contributed by atoms with Crippen LogP contribution in [0.25, 0.3) is 122 Å². The summed E-state index contributed by atoms with van der Waals surface area (Å²) in [5.41, 5.74) is 14.4. The molecule has 11 aromatic rings. The summed E-state index contributed by atoms with van der Waals surface area (Å²) in [6.45, 7) is 0. The largest absolute Gasteiger partial charge is 0.456 e. The van der Waals surface area contributed by atoms with Gasteiger partial charge in [-0.1, -0.05) is 176 Å². The first kappa shape index (κ1) is 31.6. The van der Waals surface area contributed by atoms with Gasteiger partial charge in [-0.3, -0.25) is 0 Å². The molecule has 0 spiro atoms. The summed E-state index contributed by atoms with van der Waals surface area (Å²) in [6.07, 6.45) is 0. The van der Waals surface area contributed by atoms with Crippen molar-refractivity contribution in [2.45, 2.75) is 0 Å². The van der Waals surface area contributed by atoms with Gasteiger partial charge < -0.3 is 4.42 Å². The Morgan fingerprint density at radius 1 is 0.246 bits per heavy atom. The van der Waals surface area contributed by atoms with Crippen molar-refractivity contribution in [3.05, 3.63) is 188 Å². The van der Waals surface area contributed by atoms with Crippen LogP contribution in [-0.2, 0) is 0 Å². The minimum Gasteiger partial charge on any atom is -0.456 e. The molecule has 0 N–H and O–H groups in total. The molecule has 0 saturated heterocycles. The van der Waals surface area contributed by atoms with Crippen molar-refractivity contribution >= 4 is 43.5 Å². The molecule has 12 rings (SSSR count). The van der Waals surface area contributed by atoms with E-state index >= 15 is 0 Å². The Morgan fingerprint density at radius 3 is 1.49 bits per heavy atom. The van der Waals surface area contributed by atoms with Crippen molar-refractivity contribution in [1.82, 2.24) is 15.0 Å². The van der Waals surface area contributed by atoms with Crippen molar-refractivity contribution in [1.29, 1.82) is 0 Å². The number of benzene rings is 9. The highest BCUT2D eigenvalue weighted by atomic mass is 16.3. The number of para-hydroxylation sites is 1. The van der Waals surface area contributed by atoms with Crippen LogP contribution in [0.5, 0.6) is 0 Å². The van der Waals surface area contributed by atoms with Gasteiger partial charge >= 0.3 is 0 Å². The molecular weight excluding hydrogens is 695 g/mol. The van der Waals surface area contributed by atoms with Gasteiger partial charge in [0.05, 0.1) is 0 Å². The van der Waals surface area contributed by atoms with E-state index in [1.165, 1.54) is 38.6 Å². The Labute approximate surface area is 328 Å². The van der Waals surface area contributed by atoms with Crippen molar-refractivity contribution in [3.8, 4) is 78.7 Å². The zero-order chi connectivity index (χ0) is 37.5. The number of hydrogen-bond acceptors (Lipinski definition) is 4. The highest BCUT2D eigenvalue weighted by Gasteiger charge is 2.23. The van der Waals surface area contributed by atoms with Crippen molar-refractivity contribution in [2.75, 3.05) is 0 Å². The van der Waals surface area contributed by atoms with E-state index in [1.54, 1.807) is 0 Å². The highest BCUT2D eigenvalue weighted by Crippen LogP contribution is 2.49. The predicted octanol–water partition coefficient (Wildman–Crippen LogP) is 14.1. The van der Waals surface area contributed by atoms with Gasteiger partial charge in [0.2, 0.25) is 0 Å². The second-order valence-electron chi connectivity index (χ2n) is 14.7. The van der Waals surface area contributed by atoms with E-state index in [9.17, 15) is 0 Å². The number of hydrogen-bond donors (Lipinski definition) is 0. The van der Waals surface area contributed by atoms with Gasteiger partial charge in [0.25, 0.3) is 0 Å². The molecule has 0 aliphatic heterocycles. The second kappa shape index (κ2) is 12.4. The van der Waals surface area contributed by atoms with Crippen LogP contribution < -0.4 is 0 Å². The summed E-state index contributed by atoms with van der Waals surface area (Å²) in [5.74, 6) is 1.89. The normalized spacial score (nSPS) is 11.9. The van der Waals surface area contributed by atoms with E-state index < -0.39 is 0 Å². The Morgan fingerprint density at radius 2 is 0.719 bits per heavy atom. The molecule has 0 unspecified atom stereocenters. The summed E-state index contributed by atoms with van der Waals surface area (Å²) in [5, 5.41) is 6.99. The molecule has 0 bridgehead atoms. The van der Waals surface area contributed by atoms with Crippen LogP contribution in [0.3, 0.4) is 0 Å². The quantitative estimate of drug-likeness (QED) is 0.177. The first-order valence-electron chi connectivity index (χ1n) is 19.3. The smallest absolute Gasteiger partial charge is 0.164 e. The van der Waals surface area contributed by atoms with Crippen molar-refractivity contribution in [3.63, 3.8) is 0 Å². The van der Waals surface area contributed by atoms with Crippen LogP contribution in [0.15, 0.2) is 192 Å². The molecule has 0 fully saturated rings. The van der Waals surface area contributed by atoms with E-state index in [2.05, 4.69) is 152 Å². The number of aromatic nitrogens is 3. The number of nitrogens with zero attached hydrogens (tertiary/aromatic N) is 3. The van der Waals surface area contributed by atoms with Gasteiger partial charge in [-0.05, 0) is 78.2 Å². The SMILES string of the molecule is c1ccc(-c2nc(-c3ccc(-c4ccc5c6c(cccc46)-c4ccccc4-5)cc3)nc(-c3cccc4c(-c5cccc6oc7ccccc7c56)cccc34)n2)cc1. The minimum absolute atomic E-state index is 0.629. The van der Waals surface area contributed by atoms with Gasteiger partial charge in [-0.25, -0.2) is 15.0 Å². The lowest BCUT2D eigenvalue weighted by molar-refractivity contribution is 0.669. The molecule has 57 heavy (non-hydrogen) atoms. The second-order valence-corrected chi connectivity index (χ2v) is 14.7. The van der Waals surface area contributed by atoms with Crippen LogP contribution >= 0.6 is 0 Å². The first-order valence-corrected chi connectivity index (χ1v) is 19.3. The predicted molar refractivity (Wildman–Crippen MR) is 234 cm³/mol. The maximum atomic E-state index is 6.28. The third-order valence-electron chi connectivity index (χ3n) is 11.5. The number of rotatable bonds is 5. The molecule has 2 aromatic heterocycles. The first-order chi connectivity index (χ1) is 28.3. The van der Waals surface area contributed by atoms with Crippen LogP contribution in [0.2, 0.25) is 0 Å². The maximum absolute atomic E-state index is 6.28. The van der Waals surface area contributed by atoms with E-state index in [1.807, 2.05) is 36.4 Å². The standard InChI is InChI=1S/C53H31N3O/c1-2-12-33(13-3-1)51-54-52(34-28-26-32(27-29-34)35-30-31-44-38-15-5-4-14-37(38)42-21-10-20-41(35)49(42)44)56-53(55-51)45-23-9-17-36-39(18-8-19-40(36)45)43-22-11-25-48-50(43)46-16-6-7-24-47(46)57-48/h1-31H. The molecule has 1 aliphatic rings. The molecular formula is C53H31N3O. The molecule has 0 radical (unpaired) electrons. The van der Waals surface area contributed by atoms with Crippen LogP contribution in [0.1, 0.15) is 0 Å². The Balaban J connectivity index is 0.993. The van der Waals surface area contributed by atoms with Crippen LogP contribution in [-0.4, -0.2) is 15.0 Å². The highest BCUT2D eigenvalue weighted by molar-refractivity contribution is 6.19. The maximum Gasteiger partial charge on any atom is 0.164 e. The molecule has 264 valence electrons. The minimum atomic E-state index is 0.629. The monoisotopic (exact) mass is 725 g/mol. The average Bonchev–Trinajstić information content (AvgIpc) is 3.83. The van der Waals surface area contributed by atoms with Gasteiger partial charge in [0.15, 0.2) is 17.5 Å². The molecule has 2 heterocycles. The number of furan rings is 1. The zero-order valence-electron chi connectivity index (χ0n) is 30.6. The lowest BCUT2D eigenvalue weighted by Gasteiger charge is -2.13. The molecule has 0 saturated carbocycles. The average molecular weight is 726 g/mol. The van der Waals surface area contributed by atoms with Crippen molar-refractivity contribution < 1.29 is 4.42 Å². The molecule has 4 heteroatoms. The van der Waals surface area contributed by atoms with Gasteiger partial charge in [-0.15, -0.1) is 0 Å². The topological polar surface area (TPSA) is 51.8 Å². The fourth-order valence-electron chi connectivity index (χ4n) is 8.94. The molecule has 0 atom stereocenters. The van der Waals surface area contributed by atoms with E-state index in [0.717, 1.165) is 66.1 Å². The summed E-state index contributed by atoms with van der Waals surface area (Å²) in [7, 11) is 0. The lowest BCUT2D eigenvalue weighted by atomic mass is 9.93. The van der Waals surface area contributed by atoms with Crippen LogP contribution in [0.4, 0.5) is 0 Å². The summed E-state index contributed by atoms with van der Waals surface area (Å²) >= 11 is 0. The van der Waals surface area contributed by atoms with Gasteiger partial charge in [0, 0.05) is 27.5 Å². The van der Waals surface area contributed by atoms with E-state index in [0.29, 0.717) is 17.5 Å².